The Balaban J connectivity index is 1.68. The molecule has 0 aliphatic carbocycles. The summed E-state index contributed by atoms with van der Waals surface area (Å²) in [4.78, 5) is 29.5. The van der Waals surface area contributed by atoms with Crippen molar-refractivity contribution in [2.45, 2.75) is 13.0 Å². The molecule has 2 amide bonds. The molecule has 3 heterocycles. The van der Waals surface area contributed by atoms with E-state index in [-0.39, 0.29) is 11.8 Å². The molecule has 7 nitrogen and oxygen atoms in total. The molecule has 128 valence electrons. The Kier molecular flexibility index (Phi) is 5.00. The van der Waals surface area contributed by atoms with Crippen molar-refractivity contribution in [2.75, 3.05) is 33.4 Å². The van der Waals surface area contributed by atoms with Crippen LogP contribution in [-0.4, -0.2) is 59.6 Å². The average molecular weight is 330 g/mol. The predicted molar refractivity (Wildman–Crippen MR) is 89.0 cm³/mol. The highest BCUT2D eigenvalue weighted by atomic mass is 16.5. The van der Waals surface area contributed by atoms with Crippen LogP contribution in [0.3, 0.4) is 0 Å². The summed E-state index contributed by atoms with van der Waals surface area (Å²) < 4.78 is 6.96. The second-order valence-corrected chi connectivity index (χ2v) is 5.75. The first-order valence-electron chi connectivity index (χ1n) is 8.08. The lowest BCUT2D eigenvalue weighted by Crippen LogP contribution is -2.34. The Morgan fingerprint density at radius 2 is 2.12 bits per heavy atom. The number of carbonyl (C=O) groups is 2. The number of hydrogen-bond donors (Lipinski definition) is 2. The molecule has 0 aromatic carbocycles. The second-order valence-electron chi connectivity index (χ2n) is 5.75. The van der Waals surface area contributed by atoms with Gasteiger partial charge in [-0.3, -0.25) is 9.59 Å². The molecule has 0 bridgehead atoms. The normalized spacial score (nSPS) is 14.1. The Bertz CT molecular complexity index is 705. The van der Waals surface area contributed by atoms with E-state index in [0.717, 1.165) is 12.1 Å². The van der Waals surface area contributed by atoms with Crippen molar-refractivity contribution in [3.05, 3.63) is 47.5 Å². The van der Waals surface area contributed by atoms with Crippen LogP contribution in [0.15, 0.2) is 30.6 Å². The number of nitrogens with one attached hydrogen (secondary N) is 2. The van der Waals surface area contributed by atoms with E-state index in [1.165, 1.54) is 0 Å². The van der Waals surface area contributed by atoms with Gasteiger partial charge in [-0.1, -0.05) is 0 Å². The smallest absolute Gasteiger partial charge is 0.267 e. The summed E-state index contributed by atoms with van der Waals surface area (Å²) in [5, 5.41) is 2.84. The van der Waals surface area contributed by atoms with Crippen molar-refractivity contribution in [1.29, 1.82) is 0 Å². The minimum Gasteiger partial charge on any atom is -0.383 e. The van der Waals surface area contributed by atoms with Crippen LogP contribution in [-0.2, 0) is 17.7 Å². The highest BCUT2D eigenvalue weighted by Gasteiger charge is 2.22. The Morgan fingerprint density at radius 1 is 1.25 bits per heavy atom. The molecule has 0 unspecified atom stereocenters. The van der Waals surface area contributed by atoms with E-state index in [9.17, 15) is 9.59 Å². The number of amides is 2. The van der Waals surface area contributed by atoms with E-state index >= 15 is 0 Å². The van der Waals surface area contributed by atoms with E-state index in [4.69, 9.17) is 4.74 Å². The number of rotatable bonds is 5. The third-order valence-corrected chi connectivity index (χ3v) is 4.26. The molecule has 0 fully saturated rings. The maximum atomic E-state index is 12.5. The molecule has 0 atom stereocenters. The second kappa shape index (κ2) is 7.35. The van der Waals surface area contributed by atoms with Crippen molar-refractivity contribution >= 4 is 11.8 Å². The van der Waals surface area contributed by atoms with Crippen LogP contribution >= 0.6 is 0 Å². The number of ether oxygens (including phenoxy) is 1. The van der Waals surface area contributed by atoms with E-state index < -0.39 is 0 Å². The first-order chi connectivity index (χ1) is 11.7. The molecular formula is C17H22N4O3. The summed E-state index contributed by atoms with van der Waals surface area (Å²) in [7, 11) is 1.60. The molecule has 1 aliphatic rings. The van der Waals surface area contributed by atoms with Crippen molar-refractivity contribution in [2.24, 2.45) is 0 Å². The van der Waals surface area contributed by atoms with Gasteiger partial charge in [-0.2, -0.15) is 0 Å². The summed E-state index contributed by atoms with van der Waals surface area (Å²) in [5.74, 6) is -0.0863. The van der Waals surface area contributed by atoms with Crippen LogP contribution in [0.4, 0.5) is 0 Å². The van der Waals surface area contributed by atoms with Gasteiger partial charge in [0.25, 0.3) is 11.8 Å². The van der Waals surface area contributed by atoms with Gasteiger partial charge in [0.1, 0.15) is 5.69 Å². The van der Waals surface area contributed by atoms with Crippen molar-refractivity contribution in [3.8, 4) is 0 Å². The number of fused-ring (bicyclic) bond motifs is 1. The monoisotopic (exact) mass is 330 g/mol. The first kappa shape index (κ1) is 16.3. The largest absolute Gasteiger partial charge is 0.383 e. The summed E-state index contributed by atoms with van der Waals surface area (Å²) in [6.45, 7) is 2.82. The lowest BCUT2D eigenvalue weighted by atomic mass is 10.2. The number of nitrogens with zero attached hydrogens (tertiary/aromatic N) is 2. The van der Waals surface area contributed by atoms with Crippen LogP contribution in [0.25, 0.3) is 0 Å². The predicted octanol–water partition coefficient (Wildman–Crippen LogP) is 0.891. The molecule has 0 saturated carbocycles. The van der Waals surface area contributed by atoms with Crippen molar-refractivity contribution in [1.82, 2.24) is 19.8 Å². The highest BCUT2D eigenvalue weighted by Crippen LogP contribution is 2.16. The molecule has 2 N–H and O–H groups in total. The molecular weight excluding hydrogens is 308 g/mol. The topological polar surface area (TPSA) is 79.4 Å². The van der Waals surface area contributed by atoms with Gasteiger partial charge >= 0.3 is 0 Å². The Hall–Kier alpha value is -2.54. The zero-order valence-electron chi connectivity index (χ0n) is 13.7. The van der Waals surface area contributed by atoms with E-state index in [1.807, 2.05) is 21.6 Å². The SMILES string of the molecule is COCCNC(=O)c1ccc2n1CCN(C(=O)c1cc[nH]c1)CC2. The van der Waals surface area contributed by atoms with Crippen molar-refractivity contribution in [3.63, 3.8) is 0 Å². The molecule has 0 radical (unpaired) electrons. The number of carbonyl (C=O) groups excluding carboxylic acids is 2. The summed E-state index contributed by atoms with van der Waals surface area (Å²) in [6.07, 6.45) is 4.20. The fraction of sp³-hybridized carbons (Fsp3) is 0.412. The van der Waals surface area contributed by atoms with Crippen LogP contribution in [0.5, 0.6) is 0 Å². The maximum absolute atomic E-state index is 12.5. The Labute approximate surface area is 140 Å². The average Bonchev–Trinajstić information content (AvgIpc) is 3.21. The van der Waals surface area contributed by atoms with Gasteiger partial charge in [0.15, 0.2) is 0 Å². The number of hydrogen-bond acceptors (Lipinski definition) is 3. The first-order valence-corrected chi connectivity index (χ1v) is 8.08. The van der Waals surface area contributed by atoms with E-state index in [0.29, 0.717) is 44.0 Å². The number of aromatic nitrogens is 2. The van der Waals surface area contributed by atoms with E-state index in [2.05, 4.69) is 10.3 Å². The molecule has 2 aromatic heterocycles. The number of methoxy groups -OCH3 is 1. The summed E-state index contributed by atoms with van der Waals surface area (Å²) in [5.41, 5.74) is 2.38. The number of H-pyrrole nitrogens is 1. The summed E-state index contributed by atoms with van der Waals surface area (Å²) in [6, 6.07) is 5.60. The van der Waals surface area contributed by atoms with Crippen molar-refractivity contribution < 1.29 is 14.3 Å². The van der Waals surface area contributed by atoms with Gasteiger partial charge in [-0.15, -0.1) is 0 Å². The standard InChI is InChI=1S/C17H22N4O3/c1-24-11-7-19-16(22)15-3-2-14-5-8-20(9-10-21(14)15)17(23)13-4-6-18-12-13/h2-4,6,12,18H,5,7-11H2,1H3,(H,19,22). The lowest BCUT2D eigenvalue weighted by Gasteiger charge is -2.19. The third-order valence-electron chi connectivity index (χ3n) is 4.26. The molecule has 1 aliphatic heterocycles. The quantitative estimate of drug-likeness (QED) is 0.799. The third kappa shape index (κ3) is 3.35. The fourth-order valence-corrected chi connectivity index (χ4v) is 2.97. The van der Waals surface area contributed by atoms with Gasteiger partial charge in [0, 0.05) is 57.8 Å². The van der Waals surface area contributed by atoms with E-state index in [1.54, 1.807) is 25.6 Å². The highest BCUT2D eigenvalue weighted by molar-refractivity contribution is 5.94. The fourth-order valence-electron chi connectivity index (χ4n) is 2.97. The maximum Gasteiger partial charge on any atom is 0.267 e. The van der Waals surface area contributed by atoms with Crippen LogP contribution < -0.4 is 5.32 Å². The van der Waals surface area contributed by atoms with Crippen LogP contribution in [0.1, 0.15) is 26.5 Å². The minimum atomic E-state index is -0.108. The number of aromatic amines is 1. The van der Waals surface area contributed by atoms with Gasteiger partial charge in [-0.05, 0) is 18.2 Å². The van der Waals surface area contributed by atoms with Crippen LogP contribution in [0.2, 0.25) is 0 Å². The molecule has 0 saturated heterocycles. The van der Waals surface area contributed by atoms with Gasteiger partial charge in [0.05, 0.1) is 12.2 Å². The van der Waals surface area contributed by atoms with Crippen LogP contribution in [0, 0.1) is 0 Å². The molecule has 3 rings (SSSR count). The molecule has 24 heavy (non-hydrogen) atoms. The molecule has 7 heteroatoms. The summed E-state index contributed by atoms with van der Waals surface area (Å²) >= 11 is 0. The molecule has 0 spiro atoms. The molecule has 2 aromatic rings. The van der Waals surface area contributed by atoms with Gasteiger partial charge in [-0.25, -0.2) is 0 Å². The van der Waals surface area contributed by atoms with Gasteiger partial charge in [0.2, 0.25) is 0 Å². The zero-order valence-corrected chi connectivity index (χ0v) is 13.7. The van der Waals surface area contributed by atoms with Gasteiger partial charge < -0.3 is 24.5 Å². The zero-order chi connectivity index (χ0) is 16.9. The lowest BCUT2D eigenvalue weighted by molar-refractivity contribution is 0.0759. The minimum absolute atomic E-state index is 0.0214. The Morgan fingerprint density at radius 3 is 2.88 bits per heavy atom.